The number of anilines is 2. The number of ether oxygens (including phenoxy) is 3. The Hall–Kier alpha value is -3.52. The summed E-state index contributed by atoms with van der Waals surface area (Å²) in [7, 11) is 4.98. The second-order valence-electron chi connectivity index (χ2n) is 8.93. The standard InChI is InChI=1S/C27H33N5O3/c1-33-24-16-26(35-3)25(34-2)15-20(24)18-30-10-9-23-21(19-30)17-28-27(29-23)32-13-11-31(12-14-32)22-7-5-4-6-8-22/h4-8,15-17H,9-14,18-19H2,1-3H3. The minimum Gasteiger partial charge on any atom is -0.496 e. The molecule has 0 N–H and O–H groups in total. The maximum absolute atomic E-state index is 5.62. The molecule has 0 bridgehead atoms. The fraction of sp³-hybridized carbons (Fsp3) is 0.407. The highest BCUT2D eigenvalue weighted by Gasteiger charge is 2.24. The van der Waals surface area contributed by atoms with Crippen LogP contribution in [0.25, 0.3) is 0 Å². The summed E-state index contributed by atoms with van der Waals surface area (Å²) in [5.41, 5.74) is 4.71. The number of benzene rings is 2. The number of para-hydroxylation sites is 1. The Kier molecular flexibility index (Phi) is 6.90. The highest BCUT2D eigenvalue weighted by Crippen LogP contribution is 2.35. The molecule has 8 nitrogen and oxygen atoms in total. The molecule has 0 spiro atoms. The number of rotatable bonds is 7. The zero-order chi connectivity index (χ0) is 24.2. The molecule has 0 aliphatic carbocycles. The summed E-state index contributed by atoms with van der Waals surface area (Å²) in [5.74, 6) is 3.03. The summed E-state index contributed by atoms with van der Waals surface area (Å²) in [4.78, 5) is 16.8. The lowest BCUT2D eigenvalue weighted by Crippen LogP contribution is -2.47. The van der Waals surface area contributed by atoms with Crippen LogP contribution < -0.4 is 24.0 Å². The van der Waals surface area contributed by atoms with E-state index in [-0.39, 0.29) is 0 Å². The molecule has 0 saturated carbocycles. The van der Waals surface area contributed by atoms with Gasteiger partial charge < -0.3 is 24.0 Å². The van der Waals surface area contributed by atoms with E-state index in [2.05, 4.69) is 45.0 Å². The van der Waals surface area contributed by atoms with E-state index in [1.807, 2.05) is 18.3 Å². The fourth-order valence-corrected chi connectivity index (χ4v) is 4.91. The van der Waals surface area contributed by atoms with E-state index in [0.29, 0.717) is 11.5 Å². The van der Waals surface area contributed by atoms with Crippen LogP contribution in [-0.2, 0) is 19.5 Å². The fourth-order valence-electron chi connectivity index (χ4n) is 4.91. The van der Waals surface area contributed by atoms with Gasteiger partial charge in [-0.15, -0.1) is 0 Å². The number of aromatic nitrogens is 2. The number of methoxy groups -OCH3 is 3. The van der Waals surface area contributed by atoms with Crippen LogP contribution in [0.5, 0.6) is 17.2 Å². The molecule has 0 radical (unpaired) electrons. The molecule has 1 saturated heterocycles. The van der Waals surface area contributed by atoms with Crippen LogP contribution in [0.15, 0.2) is 48.7 Å². The minimum atomic E-state index is 0.669. The van der Waals surface area contributed by atoms with Gasteiger partial charge in [-0.3, -0.25) is 4.90 Å². The van der Waals surface area contributed by atoms with Gasteiger partial charge >= 0.3 is 0 Å². The van der Waals surface area contributed by atoms with Crippen molar-refractivity contribution in [1.82, 2.24) is 14.9 Å². The summed E-state index contributed by atoms with van der Waals surface area (Å²) in [5, 5.41) is 0. The quantitative estimate of drug-likeness (QED) is 0.515. The first kappa shape index (κ1) is 23.2. The SMILES string of the molecule is COc1cc(OC)c(OC)cc1CN1CCc2nc(N3CCN(c4ccccc4)CC3)ncc2C1. The van der Waals surface area contributed by atoms with Crippen LogP contribution in [0, 0.1) is 0 Å². The minimum absolute atomic E-state index is 0.669. The lowest BCUT2D eigenvalue weighted by atomic mass is 10.1. The molecule has 35 heavy (non-hydrogen) atoms. The van der Waals surface area contributed by atoms with Crippen molar-refractivity contribution in [3.05, 3.63) is 65.5 Å². The van der Waals surface area contributed by atoms with Crippen molar-refractivity contribution >= 4 is 11.6 Å². The molecule has 1 fully saturated rings. The molecule has 8 heteroatoms. The van der Waals surface area contributed by atoms with Gasteiger partial charge in [-0.1, -0.05) is 18.2 Å². The van der Waals surface area contributed by atoms with Crippen LogP contribution in [0.4, 0.5) is 11.6 Å². The second kappa shape index (κ2) is 10.4. The van der Waals surface area contributed by atoms with E-state index in [4.69, 9.17) is 24.2 Å². The summed E-state index contributed by atoms with van der Waals surface area (Å²) in [6.07, 6.45) is 2.92. The normalized spacial score (nSPS) is 16.1. The smallest absolute Gasteiger partial charge is 0.225 e. The monoisotopic (exact) mass is 475 g/mol. The summed E-state index contributed by atoms with van der Waals surface area (Å²) < 4.78 is 16.5. The van der Waals surface area contributed by atoms with Crippen LogP contribution in [0.1, 0.15) is 16.8 Å². The van der Waals surface area contributed by atoms with E-state index in [1.54, 1.807) is 21.3 Å². The Morgan fingerprint density at radius 2 is 1.49 bits per heavy atom. The Balaban J connectivity index is 1.24. The maximum atomic E-state index is 5.62. The van der Waals surface area contributed by atoms with E-state index >= 15 is 0 Å². The third kappa shape index (κ3) is 4.98. The molecule has 0 atom stereocenters. The second-order valence-corrected chi connectivity index (χ2v) is 8.93. The third-order valence-electron chi connectivity index (χ3n) is 6.86. The molecule has 3 heterocycles. The van der Waals surface area contributed by atoms with Gasteiger partial charge in [0.15, 0.2) is 11.5 Å². The first-order valence-electron chi connectivity index (χ1n) is 12.1. The summed E-state index contributed by atoms with van der Waals surface area (Å²) in [6, 6.07) is 14.5. The van der Waals surface area contributed by atoms with Gasteiger partial charge in [-0.05, 0) is 18.2 Å². The first-order chi connectivity index (χ1) is 17.2. The first-order valence-corrected chi connectivity index (χ1v) is 12.1. The van der Waals surface area contributed by atoms with Crippen molar-refractivity contribution < 1.29 is 14.2 Å². The van der Waals surface area contributed by atoms with Crippen molar-refractivity contribution in [2.24, 2.45) is 0 Å². The van der Waals surface area contributed by atoms with Crippen LogP contribution in [-0.4, -0.2) is 68.9 Å². The van der Waals surface area contributed by atoms with Crippen molar-refractivity contribution in [3.63, 3.8) is 0 Å². The summed E-state index contributed by atoms with van der Waals surface area (Å²) in [6.45, 7) is 6.32. The zero-order valence-electron chi connectivity index (χ0n) is 20.7. The molecule has 0 unspecified atom stereocenters. The van der Waals surface area contributed by atoms with Crippen LogP contribution >= 0.6 is 0 Å². The molecular formula is C27H33N5O3. The zero-order valence-corrected chi connectivity index (χ0v) is 20.7. The largest absolute Gasteiger partial charge is 0.496 e. The Labute approximate surface area is 207 Å². The predicted molar refractivity (Wildman–Crippen MR) is 137 cm³/mol. The predicted octanol–water partition coefficient (Wildman–Crippen LogP) is 3.39. The number of fused-ring (bicyclic) bond motifs is 1. The molecular weight excluding hydrogens is 442 g/mol. The van der Waals surface area contributed by atoms with Crippen molar-refractivity contribution in [2.75, 3.05) is 63.9 Å². The van der Waals surface area contributed by atoms with Crippen molar-refractivity contribution in [1.29, 1.82) is 0 Å². The van der Waals surface area contributed by atoms with Gasteiger partial charge in [-0.2, -0.15) is 0 Å². The van der Waals surface area contributed by atoms with E-state index in [0.717, 1.165) is 75.2 Å². The maximum Gasteiger partial charge on any atom is 0.225 e. The topological polar surface area (TPSA) is 63.2 Å². The van der Waals surface area contributed by atoms with Crippen LogP contribution in [0.2, 0.25) is 0 Å². The van der Waals surface area contributed by atoms with E-state index in [9.17, 15) is 0 Å². The van der Waals surface area contributed by atoms with E-state index in [1.165, 1.54) is 11.3 Å². The van der Waals surface area contributed by atoms with Gasteiger partial charge in [0.25, 0.3) is 0 Å². The van der Waals surface area contributed by atoms with Gasteiger partial charge in [0.05, 0.1) is 27.0 Å². The van der Waals surface area contributed by atoms with Gasteiger partial charge in [0.2, 0.25) is 5.95 Å². The lowest BCUT2D eigenvalue weighted by molar-refractivity contribution is 0.238. The molecule has 1 aromatic heterocycles. The average molecular weight is 476 g/mol. The Bertz CT molecular complexity index is 1150. The molecule has 3 aromatic rings. The lowest BCUT2D eigenvalue weighted by Gasteiger charge is -2.36. The van der Waals surface area contributed by atoms with Crippen molar-refractivity contribution in [3.8, 4) is 17.2 Å². The van der Waals surface area contributed by atoms with Gasteiger partial charge in [0.1, 0.15) is 5.75 Å². The number of nitrogens with zero attached hydrogens (tertiary/aromatic N) is 5. The number of hydrogen-bond donors (Lipinski definition) is 0. The van der Waals surface area contributed by atoms with Crippen molar-refractivity contribution in [2.45, 2.75) is 19.5 Å². The molecule has 2 aromatic carbocycles. The Morgan fingerprint density at radius 3 is 2.20 bits per heavy atom. The molecule has 0 amide bonds. The average Bonchev–Trinajstić information content (AvgIpc) is 2.93. The molecule has 5 rings (SSSR count). The van der Waals surface area contributed by atoms with E-state index < -0.39 is 0 Å². The Morgan fingerprint density at radius 1 is 0.800 bits per heavy atom. The highest BCUT2D eigenvalue weighted by atomic mass is 16.5. The highest BCUT2D eigenvalue weighted by molar-refractivity contribution is 5.51. The van der Waals surface area contributed by atoms with Gasteiger partial charge in [-0.25, -0.2) is 9.97 Å². The summed E-state index contributed by atoms with van der Waals surface area (Å²) >= 11 is 0. The number of hydrogen-bond acceptors (Lipinski definition) is 8. The van der Waals surface area contributed by atoms with Crippen LogP contribution in [0.3, 0.4) is 0 Å². The molecule has 2 aliphatic rings. The van der Waals surface area contributed by atoms with Gasteiger partial charge in [0, 0.05) is 81.3 Å². The third-order valence-corrected chi connectivity index (χ3v) is 6.86. The molecule has 184 valence electrons. The molecule has 2 aliphatic heterocycles. The number of piperazine rings is 1.